The minimum absolute atomic E-state index is 0.0772. The predicted octanol–water partition coefficient (Wildman–Crippen LogP) is 4.10. The van der Waals surface area contributed by atoms with Crippen molar-refractivity contribution in [2.45, 2.75) is 91.0 Å². The van der Waals surface area contributed by atoms with Crippen LogP contribution in [0.25, 0.3) is 0 Å². The molecule has 0 aliphatic carbocycles. The van der Waals surface area contributed by atoms with Gasteiger partial charge in [0, 0.05) is 6.04 Å². The number of hydrogen-bond acceptors (Lipinski definition) is 2. The molecule has 1 rings (SSSR count). The molecule has 0 aromatic heterocycles. The average Bonchev–Trinajstić information content (AvgIpc) is 2.75. The fourth-order valence-electron chi connectivity index (χ4n) is 3.05. The van der Waals surface area contributed by atoms with Crippen molar-refractivity contribution in [3.63, 3.8) is 0 Å². The Labute approximate surface area is 108 Å². The summed E-state index contributed by atoms with van der Waals surface area (Å²) in [5.41, 5.74) is 0.0772. The molecule has 102 valence electrons. The van der Waals surface area contributed by atoms with Crippen LogP contribution in [0.4, 0.5) is 0 Å². The predicted molar refractivity (Wildman–Crippen MR) is 74.1 cm³/mol. The van der Waals surface area contributed by atoms with E-state index in [0.29, 0.717) is 12.0 Å². The second-order valence-corrected chi connectivity index (χ2v) is 5.55. The van der Waals surface area contributed by atoms with Crippen molar-refractivity contribution in [3.05, 3.63) is 0 Å². The molecule has 1 saturated heterocycles. The van der Waals surface area contributed by atoms with Gasteiger partial charge in [0.25, 0.3) is 0 Å². The Morgan fingerprint density at radius 3 is 2.29 bits per heavy atom. The highest BCUT2D eigenvalue weighted by atomic mass is 16.5. The van der Waals surface area contributed by atoms with Crippen molar-refractivity contribution in [3.8, 4) is 0 Å². The van der Waals surface area contributed by atoms with E-state index >= 15 is 0 Å². The van der Waals surface area contributed by atoms with E-state index in [4.69, 9.17) is 4.74 Å². The molecule has 1 aliphatic heterocycles. The van der Waals surface area contributed by atoms with Gasteiger partial charge in [-0.25, -0.2) is 0 Å². The fraction of sp³-hybridized carbons (Fsp3) is 1.00. The zero-order chi connectivity index (χ0) is 12.9. The summed E-state index contributed by atoms with van der Waals surface area (Å²) in [4.78, 5) is 0. The Bertz CT molecular complexity index is 213. The van der Waals surface area contributed by atoms with Gasteiger partial charge in [-0.15, -0.1) is 0 Å². The second-order valence-electron chi connectivity index (χ2n) is 5.55. The molecule has 2 nitrogen and oxygen atoms in total. The molecule has 0 saturated carbocycles. The van der Waals surface area contributed by atoms with E-state index in [-0.39, 0.29) is 11.8 Å². The molecule has 0 aromatic carbocycles. The summed E-state index contributed by atoms with van der Waals surface area (Å²) in [5.74, 6) is 0.696. The summed E-state index contributed by atoms with van der Waals surface area (Å²) in [7, 11) is 0. The normalized spacial score (nSPS) is 29.5. The van der Waals surface area contributed by atoms with Crippen molar-refractivity contribution < 1.29 is 4.74 Å². The monoisotopic (exact) mass is 241 g/mol. The molecule has 1 fully saturated rings. The average molecular weight is 241 g/mol. The Morgan fingerprint density at radius 2 is 1.82 bits per heavy atom. The summed E-state index contributed by atoms with van der Waals surface area (Å²) < 4.78 is 6.37. The van der Waals surface area contributed by atoms with Crippen molar-refractivity contribution in [1.29, 1.82) is 0 Å². The second kappa shape index (κ2) is 6.75. The quantitative estimate of drug-likeness (QED) is 0.724. The molecular weight excluding hydrogens is 210 g/mol. The van der Waals surface area contributed by atoms with Crippen LogP contribution in [0.1, 0.15) is 73.1 Å². The van der Waals surface area contributed by atoms with Gasteiger partial charge >= 0.3 is 0 Å². The third-order valence-electron chi connectivity index (χ3n) is 4.54. The number of ether oxygens (including phenoxy) is 1. The van der Waals surface area contributed by atoms with E-state index in [2.05, 4.69) is 39.9 Å². The highest BCUT2D eigenvalue weighted by molar-refractivity contribution is 4.99. The minimum atomic E-state index is 0.0772. The zero-order valence-corrected chi connectivity index (χ0v) is 12.4. The van der Waals surface area contributed by atoms with Gasteiger partial charge in [-0.1, -0.05) is 47.5 Å². The van der Waals surface area contributed by atoms with Gasteiger partial charge in [-0.2, -0.15) is 0 Å². The molecular formula is C15H31NO. The first-order valence-corrected chi connectivity index (χ1v) is 7.57. The van der Waals surface area contributed by atoms with Gasteiger partial charge < -0.3 is 4.74 Å². The largest absolute Gasteiger partial charge is 0.355 e. The maximum absolute atomic E-state index is 6.37. The van der Waals surface area contributed by atoms with Crippen LogP contribution < -0.4 is 5.32 Å². The van der Waals surface area contributed by atoms with Gasteiger partial charge in [-0.05, 0) is 31.6 Å². The van der Waals surface area contributed by atoms with Crippen LogP contribution in [-0.2, 0) is 4.74 Å². The molecule has 0 radical (unpaired) electrons. The molecule has 17 heavy (non-hydrogen) atoms. The van der Waals surface area contributed by atoms with Gasteiger partial charge in [0.2, 0.25) is 0 Å². The molecule has 1 heterocycles. The first-order valence-electron chi connectivity index (χ1n) is 7.57. The lowest BCUT2D eigenvalue weighted by molar-refractivity contribution is -0.0614. The highest BCUT2D eigenvalue weighted by Crippen LogP contribution is 2.37. The van der Waals surface area contributed by atoms with Gasteiger partial charge in [0.15, 0.2) is 0 Å². The third kappa shape index (κ3) is 3.23. The topological polar surface area (TPSA) is 21.3 Å². The number of hydrogen-bond donors (Lipinski definition) is 1. The molecule has 0 bridgehead atoms. The van der Waals surface area contributed by atoms with Crippen LogP contribution in [-0.4, -0.2) is 17.9 Å². The van der Waals surface area contributed by atoms with Crippen molar-refractivity contribution in [2.24, 2.45) is 5.92 Å². The minimum Gasteiger partial charge on any atom is -0.355 e. The molecule has 3 atom stereocenters. The smallest absolute Gasteiger partial charge is 0.109 e. The van der Waals surface area contributed by atoms with E-state index in [1.165, 1.54) is 19.3 Å². The first-order chi connectivity index (χ1) is 8.13. The van der Waals surface area contributed by atoms with E-state index in [1.54, 1.807) is 0 Å². The van der Waals surface area contributed by atoms with E-state index in [9.17, 15) is 0 Å². The summed E-state index contributed by atoms with van der Waals surface area (Å²) in [6.45, 7) is 11.4. The van der Waals surface area contributed by atoms with Crippen LogP contribution in [0, 0.1) is 5.92 Å². The maximum atomic E-state index is 6.37. The van der Waals surface area contributed by atoms with Gasteiger partial charge in [0.1, 0.15) is 6.23 Å². The van der Waals surface area contributed by atoms with E-state index in [1.807, 2.05) is 0 Å². The zero-order valence-electron chi connectivity index (χ0n) is 12.4. The summed E-state index contributed by atoms with van der Waals surface area (Å²) in [5, 5.41) is 3.75. The molecule has 1 aliphatic rings. The molecule has 0 spiro atoms. The Balaban J connectivity index is 2.71. The van der Waals surface area contributed by atoms with E-state index in [0.717, 1.165) is 19.3 Å². The highest BCUT2D eigenvalue weighted by Gasteiger charge is 2.47. The molecule has 0 aromatic rings. The fourth-order valence-corrected chi connectivity index (χ4v) is 3.05. The maximum Gasteiger partial charge on any atom is 0.109 e. The Kier molecular flexibility index (Phi) is 5.94. The summed E-state index contributed by atoms with van der Waals surface area (Å²) >= 11 is 0. The summed E-state index contributed by atoms with van der Waals surface area (Å²) in [6, 6.07) is 0.532. The lowest BCUT2D eigenvalue weighted by Crippen LogP contribution is -2.47. The molecule has 1 N–H and O–H groups in total. The van der Waals surface area contributed by atoms with Crippen LogP contribution >= 0.6 is 0 Å². The SMILES string of the molecule is CCCC[C@H]1N[C@@H](C(C)CC)C(CC)(CC)O1. The van der Waals surface area contributed by atoms with Crippen molar-refractivity contribution in [1.82, 2.24) is 5.32 Å². The first kappa shape index (κ1) is 15.0. The third-order valence-corrected chi connectivity index (χ3v) is 4.54. The summed E-state index contributed by atoms with van der Waals surface area (Å²) in [6.07, 6.45) is 7.42. The van der Waals surface area contributed by atoms with Crippen LogP contribution in [0.15, 0.2) is 0 Å². The number of rotatable bonds is 7. The van der Waals surface area contributed by atoms with Gasteiger partial charge in [-0.3, -0.25) is 5.32 Å². The van der Waals surface area contributed by atoms with Crippen LogP contribution in [0.3, 0.4) is 0 Å². The van der Waals surface area contributed by atoms with Gasteiger partial charge in [0.05, 0.1) is 5.60 Å². The Morgan fingerprint density at radius 1 is 1.18 bits per heavy atom. The lowest BCUT2D eigenvalue weighted by Gasteiger charge is -2.35. The number of nitrogens with one attached hydrogen (secondary N) is 1. The van der Waals surface area contributed by atoms with Crippen molar-refractivity contribution >= 4 is 0 Å². The molecule has 2 heteroatoms. The lowest BCUT2D eigenvalue weighted by atomic mass is 9.81. The molecule has 1 unspecified atom stereocenters. The van der Waals surface area contributed by atoms with E-state index < -0.39 is 0 Å². The standard InChI is InChI=1S/C15H31NO/c1-6-10-11-13-16-14(12(5)7-2)15(8-3,9-4)17-13/h12-14,16H,6-11H2,1-5H3/t12?,13-,14-/m0/s1. The molecule has 0 amide bonds. The van der Waals surface area contributed by atoms with Crippen molar-refractivity contribution in [2.75, 3.05) is 0 Å². The Hall–Kier alpha value is -0.0800. The van der Waals surface area contributed by atoms with Crippen LogP contribution in [0.2, 0.25) is 0 Å². The number of unbranched alkanes of at least 4 members (excludes halogenated alkanes) is 1. The van der Waals surface area contributed by atoms with Crippen LogP contribution in [0.5, 0.6) is 0 Å².